The minimum atomic E-state index is -1.02. The average molecular weight is 263 g/mol. The molecule has 1 aromatic heterocycles. The number of rotatable bonds is 4. The van der Waals surface area contributed by atoms with Crippen LogP contribution in [0, 0.1) is 6.92 Å². The molecule has 1 unspecified atom stereocenters. The highest BCUT2D eigenvalue weighted by atomic mass is 32.2. The van der Waals surface area contributed by atoms with E-state index in [-0.39, 0.29) is 0 Å². The molecule has 0 bridgehead atoms. The monoisotopic (exact) mass is 263 g/mol. The lowest BCUT2D eigenvalue weighted by molar-refractivity contribution is 0.677. The standard InChI is InChI=1S/C13H17N3OS/c1-10-3-4-11(14)9-13(10)18(17)8-6-12-5-7-15-16(12)2/h3-5,7,9H,6,8,14H2,1-2H3. The lowest BCUT2D eigenvalue weighted by Crippen LogP contribution is -2.07. The first-order chi connectivity index (χ1) is 8.58. The van der Waals surface area contributed by atoms with Gasteiger partial charge in [-0.05, 0) is 30.7 Å². The van der Waals surface area contributed by atoms with Crippen molar-refractivity contribution in [1.82, 2.24) is 9.78 Å². The summed E-state index contributed by atoms with van der Waals surface area (Å²) in [6.45, 7) is 1.96. The third-order valence-electron chi connectivity index (χ3n) is 2.92. The summed E-state index contributed by atoms with van der Waals surface area (Å²) in [6, 6.07) is 7.49. The lowest BCUT2D eigenvalue weighted by Gasteiger charge is -2.07. The maximum Gasteiger partial charge on any atom is 0.0536 e. The molecule has 0 radical (unpaired) electrons. The predicted molar refractivity (Wildman–Crippen MR) is 73.8 cm³/mol. The number of hydrogen-bond donors (Lipinski definition) is 1. The smallest absolute Gasteiger partial charge is 0.0536 e. The van der Waals surface area contributed by atoms with Gasteiger partial charge in [0.25, 0.3) is 0 Å². The van der Waals surface area contributed by atoms with E-state index in [0.29, 0.717) is 11.4 Å². The summed E-state index contributed by atoms with van der Waals surface area (Å²) in [5.41, 5.74) is 8.50. The number of nitrogens with zero attached hydrogens (tertiary/aromatic N) is 2. The number of anilines is 1. The van der Waals surface area contributed by atoms with Gasteiger partial charge in [-0.15, -0.1) is 0 Å². The minimum absolute atomic E-state index is 0.587. The summed E-state index contributed by atoms with van der Waals surface area (Å²) in [5.74, 6) is 0.587. The SMILES string of the molecule is Cc1ccc(N)cc1S(=O)CCc1ccnn1C. The molecule has 0 spiro atoms. The third kappa shape index (κ3) is 2.79. The molecule has 0 saturated carbocycles. The van der Waals surface area contributed by atoms with E-state index in [1.807, 2.05) is 36.9 Å². The number of benzene rings is 1. The van der Waals surface area contributed by atoms with E-state index in [9.17, 15) is 4.21 Å². The molecule has 0 aliphatic carbocycles. The molecular weight excluding hydrogens is 246 g/mol. The zero-order valence-corrected chi connectivity index (χ0v) is 11.4. The second kappa shape index (κ2) is 5.35. The van der Waals surface area contributed by atoms with Gasteiger partial charge in [0.15, 0.2) is 0 Å². The van der Waals surface area contributed by atoms with Crippen LogP contribution in [0.25, 0.3) is 0 Å². The zero-order chi connectivity index (χ0) is 13.1. The van der Waals surface area contributed by atoms with Crippen molar-refractivity contribution in [2.45, 2.75) is 18.2 Å². The van der Waals surface area contributed by atoms with Crippen molar-refractivity contribution in [3.63, 3.8) is 0 Å². The molecule has 1 atom stereocenters. The second-order valence-electron chi connectivity index (χ2n) is 4.27. The van der Waals surface area contributed by atoms with Crippen molar-refractivity contribution in [2.75, 3.05) is 11.5 Å². The number of hydrogen-bond acceptors (Lipinski definition) is 3. The number of aromatic nitrogens is 2. The minimum Gasteiger partial charge on any atom is -0.399 e. The molecule has 18 heavy (non-hydrogen) atoms. The molecule has 96 valence electrons. The van der Waals surface area contributed by atoms with Crippen LogP contribution in [0.3, 0.4) is 0 Å². The van der Waals surface area contributed by atoms with E-state index < -0.39 is 10.8 Å². The highest BCUT2D eigenvalue weighted by Crippen LogP contribution is 2.17. The molecule has 4 nitrogen and oxygen atoms in total. The van der Waals surface area contributed by atoms with Crippen LogP contribution < -0.4 is 5.73 Å². The topological polar surface area (TPSA) is 60.9 Å². The van der Waals surface area contributed by atoms with Crippen LogP contribution in [0.15, 0.2) is 35.4 Å². The summed E-state index contributed by atoms with van der Waals surface area (Å²) in [4.78, 5) is 0.831. The van der Waals surface area contributed by atoms with Gasteiger partial charge in [0.05, 0.1) is 10.8 Å². The molecule has 0 saturated heterocycles. The first-order valence-corrected chi connectivity index (χ1v) is 7.11. The average Bonchev–Trinajstić information content (AvgIpc) is 2.75. The van der Waals surface area contributed by atoms with Crippen LogP contribution in [0.4, 0.5) is 5.69 Å². The zero-order valence-electron chi connectivity index (χ0n) is 10.6. The summed E-state index contributed by atoms with van der Waals surface area (Å²) in [5, 5.41) is 4.10. The number of aryl methyl sites for hydroxylation is 3. The Morgan fingerprint density at radius 2 is 2.17 bits per heavy atom. The van der Waals surface area contributed by atoms with Crippen LogP contribution in [-0.2, 0) is 24.3 Å². The highest BCUT2D eigenvalue weighted by Gasteiger charge is 2.09. The molecule has 1 heterocycles. The number of nitrogen functional groups attached to an aromatic ring is 1. The van der Waals surface area contributed by atoms with Crippen LogP contribution in [0.5, 0.6) is 0 Å². The van der Waals surface area contributed by atoms with Crippen molar-refractivity contribution in [3.05, 3.63) is 41.7 Å². The van der Waals surface area contributed by atoms with E-state index >= 15 is 0 Å². The van der Waals surface area contributed by atoms with Gasteiger partial charge < -0.3 is 5.73 Å². The van der Waals surface area contributed by atoms with Crippen molar-refractivity contribution in [3.8, 4) is 0 Å². The van der Waals surface area contributed by atoms with E-state index in [2.05, 4.69) is 5.10 Å². The Labute approximate surface area is 109 Å². The van der Waals surface area contributed by atoms with Crippen LogP contribution in [-0.4, -0.2) is 19.7 Å². The second-order valence-corrected chi connectivity index (χ2v) is 5.81. The molecule has 0 aliphatic heterocycles. The van der Waals surface area contributed by atoms with Crippen LogP contribution >= 0.6 is 0 Å². The summed E-state index contributed by atoms with van der Waals surface area (Å²) in [7, 11) is 0.874. The Kier molecular flexibility index (Phi) is 3.81. The third-order valence-corrected chi connectivity index (χ3v) is 4.43. The van der Waals surface area contributed by atoms with Gasteiger partial charge in [-0.2, -0.15) is 5.10 Å². The van der Waals surface area contributed by atoms with E-state index in [4.69, 9.17) is 5.73 Å². The first-order valence-electron chi connectivity index (χ1n) is 5.79. The Hall–Kier alpha value is -1.62. The summed E-state index contributed by atoms with van der Waals surface area (Å²) < 4.78 is 14.1. The van der Waals surface area contributed by atoms with Gasteiger partial charge in [0, 0.05) is 41.7 Å². The van der Waals surface area contributed by atoms with Gasteiger partial charge in [-0.3, -0.25) is 8.89 Å². The molecule has 0 amide bonds. The summed E-state index contributed by atoms with van der Waals surface area (Å²) in [6.07, 6.45) is 2.50. The van der Waals surface area contributed by atoms with Gasteiger partial charge in [-0.25, -0.2) is 0 Å². The van der Waals surface area contributed by atoms with Gasteiger partial charge in [0.1, 0.15) is 0 Å². The molecule has 0 aliphatic rings. The van der Waals surface area contributed by atoms with Gasteiger partial charge in [0.2, 0.25) is 0 Å². The van der Waals surface area contributed by atoms with Gasteiger partial charge in [-0.1, -0.05) is 6.07 Å². The van der Waals surface area contributed by atoms with Crippen molar-refractivity contribution >= 4 is 16.5 Å². The molecule has 2 rings (SSSR count). The number of nitrogens with two attached hydrogens (primary N) is 1. The van der Waals surface area contributed by atoms with Crippen molar-refractivity contribution < 1.29 is 4.21 Å². The normalized spacial score (nSPS) is 12.6. The first kappa shape index (κ1) is 12.8. The Balaban J connectivity index is 2.08. The Morgan fingerprint density at radius 1 is 1.39 bits per heavy atom. The molecule has 5 heteroatoms. The van der Waals surface area contributed by atoms with E-state index in [0.717, 1.165) is 22.6 Å². The van der Waals surface area contributed by atoms with E-state index in [1.54, 1.807) is 12.3 Å². The quantitative estimate of drug-likeness (QED) is 0.853. The fourth-order valence-corrected chi connectivity index (χ4v) is 3.12. The van der Waals surface area contributed by atoms with Gasteiger partial charge >= 0.3 is 0 Å². The lowest BCUT2D eigenvalue weighted by atomic mass is 10.2. The molecule has 0 fully saturated rings. The largest absolute Gasteiger partial charge is 0.399 e. The molecule has 2 aromatic rings. The molecule has 1 aromatic carbocycles. The Bertz CT molecular complexity index is 577. The highest BCUT2D eigenvalue weighted by molar-refractivity contribution is 7.85. The van der Waals surface area contributed by atoms with Crippen molar-refractivity contribution in [1.29, 1.82) is 0 Å². The summed E-state index contributed by atoms with van der Waals surface area (Å²) >= 11 is 0. The molecular formula is C13H17N3OS. The van der Waals surface area contributed by atoms with Crippen molar-refractivity contribution in [2.24, 2.45) is 7.05 Å². The van der Waals surface area contributed by atoms with E-state index in [1.165, 1.54) is 0 Å². The fourth-order valence-electron chi connectivity index (χ4n) is 1.82. The predicted octanol–water partition coefficient (Wildman–Crippen LogP) is 1.66. The van der Waals surface area contributed by atoms with Crippen LogP contribution in [0.2, 0.25) is 0 Å². The maximum atomic E-state index is 12.3. The molecule has 2 N–H and O–H groups in total. The Morgan fingerprint density at radius 3 is 2.83 bits per heavy atom. The maximum absolute atomic E-state index is 12.3. The fraction of sp³-hybridized carbons (Fsp3) is 0.308. The van der Waals surface area contributed by atoms with Crippen LogP contribution in [0.1, 0.15) is 11.3 Å².